The number of para-hydroxylation sites is 1. The predicted octanol–water partition coefficient (Wildman–Crippen LogP) is 2.30. The normalized spacial score (nSPS) is 22.6. The molecule has 2 aliphatic rings. The van der Waals surface area contributed by atoms with Crippen LogP contribution in [0.25, 0.3) is 0 Å². The molecule has 29 heavy (non-hydrogen) atoms. The van der Waals surface area contributed by atoms with Crippen molar-refractivity contribution in [2.24, 2.45) is 0 Å². The Hall–Kier alpha value is -2.87. The molecule has 7 nitrogen and oxygen atoms in total. The Kier molecular flexibility index (Phi) is 5.04. The van der Waals surface area contributed by atoms with Crippen molar-refractivity contribution in [3.05, 3.63) is 60.2 Å². The first kappa shape index (κ1) is 19.4. The van der Waals surface area contributed by atoms with Gasteiger partial charge < -0.3 is 10.2 Å². The Morgan fingerprint density at radius 1 is 1.03 bits per heavy atom. The van der Waals surface area contributed by atoms with Gasteiger partial charge in [-0.2, -0.15) is 0 Å². The van der Waals surface area contributed by atoms with Crippen LogP contribution in [-0.4, -0.2) is 55.4 Å². The Morgan fingerprint density at radius 2 is 1.69 bits per heavy atom. The number of hydrogen-bond acceptors (Lipinski definition) is 4. The number of nitrogens with zero attached hydrogens (tertiary/aromatic N) is 2. The summed E-state index contributed by atoms with van der Waals surface area (Å²) in [6.07, 6.45) is 0.906. The number of urea groups is 1. The van der Waals surface area contributed by atoms with Gasteiger partial charge in [0, 0.05) is 11.4 Å². The molecule has 2 atom stereocenters. The lowest BCUT2D eigenvalue weighted by Gasteiger charge is -2.22. The molecule has 0 spiro atoms. The maximum Gasteiger partial charge on any atom is 0.325 e. The molecule has 8 heteroatoms. The van der Waals surface area contributed by atoms with E-state index in [0.717, 1.165) is 12.0 Å². The lowest BCUT2D eigenvalue weighted by atomic mass is 10.1. The molecule has 2 fully saturated rings. The molecule has 3 amide bonds. The van der Waals surface area contributed by atoms with Crippen molar-refractivity contribution in [1.29, 1.82) is 0 Å². The third kappa shape index (κ3) is 3.85. The van der Waals surface area contributed by atoms with Crippen molar-refractivity contribution in [2.45, 2.75) is 25.4 Å². The van der Waals surface area contributed by atoms with Gasteiger partial charge >= 0.3 is 6.03 Å². The van der Waals surface area contributed by atoms with E-state index in [4.69, 9.17) is 0 Å². The van der Waals surface area contributed by atoms with Crippen LogP contribution in [0.5, 0.6) is 0 Å². The van der Waals surface area contributed by atoms with E-state index < -0.39 is 21.9 Å². The van der Waals surface area contributed by atoms with Gasteiger partial charge in [0.1, 0.15) is 6.54 Å². The first-order chi connectivity index (χ1) is 13.9. The molecule has 1 N–H and O–H groups in total. The summed E-state index contributed by atoms with van der Waals surface area (Å²) >= 11 is 0. The van der Waals surface area contributed by atoms with Crippen molar-refractivity contribution in [2.75, 3.05) is 28.3 Å². The first-order valence-electron chi connectivity index (χ1n) is 9.62. The second-order valence-electron chi connectivity index (χ2n) is 7.43. The summed E-state index contributed by atoms with van der Waals surface area (Å²) in [5.41, 5.74) is 2.45. The van der Waals surface area contributed by atoms with Crippen molar-refractivity contribution in [3.63, 3.8) is 0 Å². The zero-order valence-electron chi connectivity index (χ0n) is 16.1. The van der Waals surface area contributed by atoms with Gasteiger partial charge in [-0.05, 0) is 36.2 Å². The number of carbonyl (C=O) groups excluding carboxylic acids is 2. The number of carbonyl (C=O) groups is 2. The van der Waals surface area contributed by atoms with Crippen molar-refractivity contribution in [1.82, 2.24) is 4.90 Å². The van der Waals surface area contributed by atoms with Crippen molar-refractivity contribution in [3.8, 4) is 0 Å². The minimum absolute atomic E-state index is 0.0884. The van der Waals surface area contributed by atoms with E-state index in [1.165, 1.54) is 9.80 Å². The number of hydrogen-bond donors (Lipinski definition) is 1. The molecule has 2 aromatic rings. The number of anilines is 2. The monoisotopic (exact) mass is 413 g/mol. The van der Waals surface area contributed by atoms with Crippen LogP contribution in [0, 0.1) is 0 Å². The van der Waals surface area contributed by atoms with Gasteiger partial charge in [0.05, 0.1) is 23.6 Å². The third-order valence-corrected chi connectivity index (χ3v) is 7.17. The number of aryl methyl sites for hydroxylation is 1. The molecule has 0 aromatic heterocycles. The zero-order valence-corrected chi connectivity index (χ0v) is 16.9. The predicted molar refractivity (Wildman–Crippen MR) is 112 cm³/mol. The molecule has 2 heterocycles. The molecule has 0 unspecified atom stereocenters. The maximum atomic E-state index is 13.1. The molecule has 4 rings (SSSR count). The van der Waals surface area contributed by atoms with E-state index in [1.54, 1.807) is 24.3 Å². The highest BCUT2D eigenvalue weighted by Gasteiger charge is 2.54. The molecule has 2 aromatic carbocycles. The van der Waals surface area contributed by atoms with Crippen molar-refractivity contribution >= 4 is 33.2 Å². The summed E-state index contributed by atoms with van der Waals surface area (Å²) in [5.74, 6) is -0.555. The smallest absolute Gasteiger partial charge is 0.325 e. The highest BCUT2D eigenvalue weighted by Crippen LogP contribution is 2.34. The summed E-state index contributed by atoms with van der Waals surface area (Å²) in [7, 11) is -3.27. The van der Waals surface area contributed by atoms with Crippen LogP contribution >= 0.6 is 0 Å². The lowest BCUT2D eigenvalue weighted by molar-refractivity contribution is -0.116. The minimum Gasteiger partial charge on any atom is -0.325 e. The average Bonchev–Trinajstić information content (AvgIpc) is 3.13. The fourth-order valence-corrected chi connectivity index (χ4v) is 5.98. The molecule has 0 bridgehead atoms. The average molecular weight is 413 g/mol. The van der Waals surface area contributed by atoms with E-state index in [1.807, 2.05) is 30.3 Å². The number of rotatable bonds is 5. The topological polar surface area (TPSA) is 86.8 Å². The number of sulfone groups is 1. The second-order valence-corrected chi connectivity index (χ2v) is 9.58. The number of amides is 3. The van der Waals surface area contributed by atoms with Gasteiger partial charge in [-0.25, -0.2) is 13.2 Å². The standard InChI is InChI=1S/C21H23N3O4S/c1-2-15-8-10-16(11-9-15)22-20(25)12-23-18-13-29(27,28)14-19(18)24(21(23)26)17-6-4-3-5-7-17/h3-11,18-19H,2,12-14H2,1H3,(H,22,25)/t18-,19-/m0/s1. The first-order valence-corrected chi connectivity index (χ1v) is 11.4. The van der Waals surface area contributed by atoms with E-state index in [0.29, 0.717) is 11.4 Å². The van der Waals surface area contributed by atoms with Gasteiger partial charge in [-0.15, -0.1) is 0 Å². The zero-order chi connectivity index (χ0) is 20.6. The van der Waals surface area contributed by atoms with Crippen LogP contribution in [0.1, 0.15) is 12.5 Å². The molecule has 0 aliphatic carbocycles. The van der Waals surface area contributed by atoms with E-state index in [9.17, 15) is 18.0 Å². The Morgan fingerprint density at radius 3 is 2.34 bits per heavy atom. The van der Waals surface area contributed by atoms with Crippen LogP contribution in [0.2, 0.25) is 0 Å². The van der Waals surface area contributed by atoms with Gasteiger partial charge in [-0.1, -0.05) is 37.3 Å². The number of fused-ring (bicyclic) bond motifs is 1. The van der Waals surface area contributed by atoms with Crippen LogP contribution in [0.4, 0.5) is 16.2 Å². The second kappa shape index (κ2) is 7.51. The molecule has 0 radical (unpaired) electrons. The Labute approximate surface area is 170 Å². The summed E-state index contributed by atoms with van der Waals surface area (Å²) in [5, 5.41) is 2.80. The Bertz CT molecular complexity index is 1020. The van der Waals surface area contributed by atoms with Crippen molar-refractivity contribution < 1.29 is 18.0 Å². The Balaban J connectivity index is 1.54. The van der Waals surface area contributed by atoms with Crippen LogP contribution < -0.4 is 10.2 Å². The molecule has 0 saturated carbocycles. The van der Waals surface area contributed by atoms with Gasteiger partial charge in [0.2, 0.25) is 5.91 Å². The molecular formula is C21H23N3O4S. The third-order valence-electron chi connectivity index (χ3n) is 5.47. The van der Waals surface area contributed by atoms with Crippen LogP contribution in [-0.2, 0) is 21.1 Å². The van der Waals surface area contributed by atoms with Gasteiger partial charge in [-0.3, -0.25) is 9.69 Å². The quantitative estimate of drug-likeness (QED) is 0.762. The molecule has 2 aliphatic heterocycles. The van der Waals surface area contributed by atoms with E-state index >= 15 is 0 Å². The lowest BCUT2D eigenvalue weighted by Crippen LogP contribution is -2.42. The molecular weight excluding hydrogens is 390 g/mol. The van der Waals surface area contributed by atoms with E-state index in [2.05, 4.69) is 12.2 Å². The maximum absolute atomic E-state index is 13.1. The summed E-state index contributed by atoms with van der Waals surface area (Å²) in [6.45, 7) is 1.87. The summed E-state index contributed by atoms with van der Waals surface area (Å²) < 4.78 is 24.5. The van der Waals surface area contributed by atoms with Crippen LogP contribution in [0.3, 0.4) is 0 Å². The number of benzene rings is 2. The molecule has 152 valence electrons. The fraction of sp³-hybridized carbons (Fsp3) is 0.333. The van der Waals surface area contributed by atoms with Crippen LogP contribution in [0.15, 0.2) is 54.6 Å². The summed E-state index contributed by atoms with van der Waals surface area (Å²) in [6, 6.07) is 15.2. The minimum atomic E-state index is -3.27. The molecule has 2 saturated heterocycles. The number of nitrogens with one attached hydrogen (secondary N) is 1. The highest BCUT2D eigenvalue weighted by atomic mass is 32.2. The van der Waals surface area contributed by atoms with Gasteiger partial charge in [0.15, 0.2) is 9.84 Å². The van der Waals surface area contributed by atoms with E-state index in [-0.39, 0.29) is 30.0 Å². The SMILES string of the molecule is CCc1ccc(NC(=O)CN2C(=O)N(c3ccccc3)[C@H]3CS(=O)(=O)C[C@@H]32)cc1. The summed E-state index contributed by atoms with van der Waals surface area (Å²) in [4.78, 5) is 28.6. The van der Waals surface area contributed by atoms with Gasteiger partial charge in [0.25, 0.3) is 0 Å². The largest absolute Gasteiger partial charge is 0.325 e. The fourth-order valence-electron chi connectivity index (χ4n) is 4.03. The highest BCUT2D eigenvalue weighted by molar-refractivity contribution is 7.91.